The molecule has 3 aromatic rings. The van der Waals surface area contributed by atoms with Crippen molar-refractivity contribution in [2.24, 2.45) is 11.8 Å². The van der Waals surface area contributed by atoms with Gasteiger partial charge in [-0.05, 0) is 105 Å². The van der Waals surface area contributed by atoms with E-state index in [2.05, 4.69) is 9.88 Å². The minimum Gasteiger partial charge on any atom is -0.497 e. The minimum absolute atomic E-state index is 0.110. The third-order valence-electron chi connectivity index (χ3n) is 7.34. The number of piperidine rings is 1. The van der Waals surface area contributed by atoms with Crippen molar-refractivity contribution < 1.29 is 32.2 Å². The molecule has 0 radical (unpaired) electrons. The van der Waals surface area contributed by atoms with Crippen molar-refractivity contribution in [3.8, 4) is 5.75 Å². The molecule has 0 saturated carbocycles. The van der Waals surface area contributed by atoms with Crippen molar-refractivity contribution in [2.45, 2.75) is 42.9 Å². The third-order valence-corrected chi connectivity index (χ3v) is 8.44. The van der Waals surface area contributed by atoms with Crippen molar-refractivity contribution in [3.63, 3.8) is 0 Å². The number of rotatable bonds is 11. The standard InChI is InChI=1S/C29H32F4N2O3S/c1-38-21-6-10-27-24(17-21)23(11-13-34-27)26(30)9-3-19-12-15-35(18-25(19)28(36)37)14-2-16-39-22-7-4-20(5-8-22)29(31,32)33/h4-8,10-11,13,17,19,25-26H,2-3,9,12,14-16,18H2,1H3,(H,36,37)/t19-,25+,26?/m1/s1. The topological polar surface area (TPSA) is 62.7 Å². The molecule has 0 bridgehead atoms. The summed E-state index contributed by atoms with van der Waals surface area (Å²) in [5, 5.41) is 10.6. The van der Waals surface area contributed by atoms with E-state index in [1.165, 1.54) is 23.9 Å². The Morgan fingerprint density at radius 1 is 1.21 bits per heavy atom. The molecular weight excluding hydrogens is 532 g/mol. The minimum atomic E-state index is -4.34. The Labute approximate surface area is 229 Å². The van der Waals surface area contributed by atoms with Crippen LogP contribution in [0.5, 0.6) is 5.75 Å². The Morgan fingerprint density at radius 3 is 2.67 bits per heavy atom. The van der Waals surface area contributed by atoms with Crippen LogP contribution in [0.25, 0.3) is 10.9 Å². The van der Waals surface area contributed by atoms with Crippen LogP contribution in [0.3, 0.4) is 0 Å². The molecule has 210 valence electrons. The van der Waals surface area contributed by atoms with Crippen molar-refractivity contribution in [3.05, 3.63) is 65.9 Å². The van der Waals surface area contributed by atoms with Gasteiger partial charge in [0.15, 0.2) is 0 Å². The van der Waals surface area contributed by atoms with Gasteiger partial charge in [-0.2, -0.15) is 13.2 Å². The summed E-state index contributed by atoms with van der Waals surface area (Å²) in [6.45, 7) is 1.86. The Hall–Kier alpha value is -2.85. The maximum atomic E-state index is 15.4. The van der Waals surface area contributed by atoms with Crippen LogP contribution in [-0.2, 0) is 11.0 Å². The molecule has 1 aromatic heterocycles. The van der Waals surface area contributed by atoms with E-state index in [1.807, 2.05) is 0 Å². The van der Waals surface area contributed by atoms with Gasteiger partial charge in [-0.3, -0.25) is 9.78 Å². The highest BCUT2D eigenvalue weighted by atomic mass is 32.2. The highest BCUT2D eigenvalue weighted by Gasteiger charge is 2.34. The van der Waals surface area contributed by atoms with E-state index in [9.17, 15) is 23.1 Å². The quantitative estimate of drug-likeness (QED) is 0.150. The van der Waals surface area contributed by atoms with Crippen LogP contribution in [0.2, 0.25) is 0 Å². The zero-order valence-electron chi connectivity index (χ0n) is 21.7. The number of hydrogen-bond acceptors (Lipinski definition) is 5. The number of nitrogens with zero attached hydrogens (tertiary/aromatic N) is 2. The molecule has 2 heterocycles. The van der Waals surface area contributed by atoms with Crippen LogP contribution < -0.4 is 4.74 Å². The lowest BCUT2D eigenvalue weighted by atomic mass is 9.81. The molecule has 1 aliphatic heterocycles. The number of halogens is 4. The fourth-order valence-corrected chi connectivity index (χ4v) is 6.02. The van der Waals surface area contributed by atoms with Gasteiger partial charge in [0.1, 0.15) is 11.9 Å². The van der Waals surface area contributed by atoms with Gasteiger partial charge in [0.25, 0.3) is 0 Å². The lowest BCUT2D eigenvalue weighted by Crippen LogP contribution is -2.44. The molecule has 39 heavy (non-hydrogen) atoms. The van der Waals surface area contributed by atoms with E-state index in [1.54, 1.807) is 37.6 Å². The van der Waals surface area contributed by atoms with Crippen LogP contribution in [0.15, 0.2) is 59.6 Å². The predicted molar refractivity (Wildman–Crippen MR) is 144 cm³/mol. The van der Waals surface area contributed by atoms with E-state index < -0.39 is 29.8 Å². The Bertz CT molecular complexity index is 1260. The number of likely N-dealkylation sites (tertiary alicyclic amines) is 1. The summed E-state index contributed by atoms with van der Waals surface area (Å²) in [6, 6.07) is 12.1. The molecule has 1 N–H and O–H groups in total. The first-order chi connectivity index (χ1) is 18.7. The number of carboxylic acid groups (broad SMARTS) is 1. The Balaban J connectivity index is 1.26. The predicted octanol–water partition coefficient (Wildman–Crippen LogP) is 7.26. The smallest absolute Gasteiger partial charge is 0.416 e. The number of thioether (sulfide) groups is 1. The molecule has 1 saturated heterocycles. The van der Waals surface area contributed by atoms with Crippen LogP contribution in [-0.4, -0.2) is 53.5 Å². The van der Waals surface area contributed by atoms with Crippen molar-refractivity contribution in [1.82, 2.24) is 9.88 Å². The van der Waals surface area contributed by atoms with Crippen LogP contribution in [0, 0.1) is 11.8 Å². The number of pyridine rings is 1. The van der Waals surface area contributed by atoms with E-state index in [0.717, 1.165) is 35.7 Å². The van der Waals surface area contributed by atoms with Gasteiger partial charge in [0.2, 0.25) is 0 Å². The number of carboxylic acids is 1. The summed E-state index contributed by atoms with van der Waals surface area (Å²) in [5.74, 6) is -0.195. The number of benzene rings is 2. The summed E-state index contributed by atoms with van der Waals surface area (Å²) in [4.78, 5) is 19.3. The van der Waals surface area contributed by atoms with E-state index >= 15 is 4.39 Å². The second-order valence-electron chi connectivity index (χ2n) is 9.85. The number of ether oxygens (including phenoxy) is 1. The maximum Gasteiger partial charge on any atom is 0.416 e. The highest BCUT2D eigenvalue weighted by molar-refractivity contribution is 7.99. The lowest BCUT2D eigenvalue weighted by Gasteiger charge is -2.36. The maximum absolute atomic E-state index is 15.4. The molecule has 0 spiro atoms. The summed E-state index contributed by atoms with van der Waals surface area (Å²) >= 11 is 1.48. The average Bonchev–Trinajstić information content (AvgIpc) is 2.93. The number of carbonyl (C=O) groups is 1. The molecule has 4 rings (SSSR count). The summed E-state index contributed by atoms with van der Waals surface area (Å²) < 4.78 is 58.8. The normalized spacial score (nSPS) is 19.2. The van der Waals surface area contributed by atoms with Gasteiger partial charge >= 0.3 is 12.1 Å². The number of fused-ring (bicyclic) bond motifs is 1. The van der Waals surface area contributed by atoms with Crippen LogP contribution >= 0.6 is 11.8 Å². The lowest BCUT2D eigenvalue weighted by molar-refractivity contribution is -0.146. The first kappa shape index (κ1) is 29.1. The zero-order chi connectivity index (χ0) is 28.0. The molecular formula is C29H32F4N2O3S. The molecule has 5 nitrogen and oxygen atoms in total. The number of alkyl halides is 4. The summed E-state index contributed by atoms with van der Waals surface area (Å²) in [6.07, 6.45) is -1.82. The number of aliphatic carboxylic acids is 1. The first-order valence-electron chi connectivity index (χ1n) is 13.0. The van der Waals surface area contributed by atoms with Crippen molar-refractivity contribution in [1.29, 1.82) is 0 Å². The van der Waals surface area contributed by atoms with E-state index in [-0.39, 0.29) is 12.3 Å². The van der Waals surface area contributed by atoms with Gasteiger partial charge in [0.05, 0.1) is 24.1 Å². The molecule has 3 atom stereocenters. The molecule has 10 heteroatoms. The third kappa shape index (κ3) is 7.63. The zero-order valence-corrected chi connectivity index (χ0v) is 22.5. The molecule has 0 aliphatic carbocycles. The number of aromatic nitrogens is 1. The van der Waals surface area contributed by atoms with Gasteiger partial charge in [-0.1, -0.05) is 0 Å². The molecule has 1 fully saturated rings. The average molecular weight is 565 g/mol. The highest BCUT2D eigenvalue weighted by Crippen LogP contribution is 2.36. The van der Waals surface area contributed by atoms with E-state index in [4.69, 9.17) is 4.74 Å². The van der Waals surface area contributed by atoms with Gasteiger partial charge in [0, 0.05) is 23.0 Å². The summed E-state index contributed by atoms with van der Waals surface area (Å²) in [5.41, 5.74) is 0.556. The number of methoxy groups -OCH3 is 1. The number of hydrogen-bond donors (Lipinski definition) is 1. The van der Waals surface area contributed by atoms with Gasteiger partial charge in [-0.15, -0.1) is 11.8 Å². The fourth-order valence-electron chi connectivity index (χ4n) is 5.18. The Morgan fingerprint density at radius 2 is 1.97 bits per heavy atom. The largest absolute Gasteiger partial charge is 0.497 e. The molecule has 1 unspecified atom stereocenters. The second-order valence-corrected chi connectivity index (χ2v) is 11.0. The fraction of sp³-hybridized carbons (Fsp3) is 0.448. The Kier molecular flexibility index (Phi) is 9.71. The first-order valence-corrected chi connectivity index (χ1v) is 14.0. The molecule has 1 aliphatic rings. The van der Waals surface area contributed by atoms with E-state index in [0.29, 0.717) is 48.1 Å². The van der Waals surface area contributed by atoms with Crippen molar-refractivity contribution in [2.75, 3.05) is 32.5 Å². The molecule has 0 amide bonds. The van der Waals surface area contributed by atoms with Gasteiger partial charge in [-0.25, -0.2) is 4.39 Å². The van der Waals surface area contributed by atoms with Crippen molar-refractivity contribution >= 4 is 28.6 Å². The second kappa shape index (κ2) is 13.0. The van der Waals surface area contributed by atoms with Gasteiger partial charge < -0.3 is 14.7 Å². The summed E-state index contributed by atoms with van der Waals surface area (Å²) in [7, 11) is 1.56. The monoisotopic (exact) mass is 564 g/mol. The van der Waals surface area contributed by atoms with Crippen LogP contribution in [0.4, 0.5) is 17.6 Å². The molecule has 2 aromatic carbocycles. The van der Waals surface area contributed by atoms with Crippen LogP contribution in [0.1, 0.15) is 43.0 Å². The SMILES string of the molecule is COc1ccc2nccc(C(F)CC[C@@H]3CCN(CCCSc4ccc(C(F)(F)F)cc4)C[C@@H]3C(=O)O)c2c1.